The summed E-state index contributed by atoms with van der Waals surface area (Å²) in [6, 6.07) is 20.8. The molecule has 0 unspecified atom stereocenters. The van der Waals surface area contributed by atoms with Crippen molar-refractivity contribution in [1.82, 2.24) is 4.90 Å². The monoisotopic (exact) mass is 500 g/mol. The van der Waals surface area contributed by atoms with E-state index in [1.807, 2.05) is 24.3 Å². The number of hydrogen-bond acceptors (Lipinski definition) is 6. The Morgan fingerprint density at radius 1 is 0.861 bits per heavy atom. The van der Waals surface area contributed by atoms with Gasteiger partial charge in [0.1, 0.15) is 6.61 Å². The maximum atomic E-state index is 12.7. The van der Waals surface area contributed by atoms with Crippen LogP contribution in [0, 0.1) is 27.7 Å². The zero-order valence-corrected chi connectivity index (χ0v) is 21.6. The van der Waals surface area contributed by atoms with Crippen molar-refractivity contribution < 1.29 is 19.1 Å². The van der Waals surface area contributed by atoms with Crippen molar-refractivity contribution in [1.29, 1.82) is 0 Å². The second kappa shape index (κ2) is 10.8. The quantitative estimate of drug-likeness (QED) is 0.197. The van der Waals surface area contributed by atoms with E-state index in [0.717, 1.165) is 39.3 Å². The van der Waals surface area contributed by atoms with E-state index in [2.05, 4.69) is 73.7 Å². The Balaban J connectivity index is 1.66. The van der Waals surface area contributed by atoms with Crippen LogP contribution in [0.15, 0.2) is 65.6 Å². The molecule has 0 aromatic heterocycles. The Hall–Kier alpha value is -3.84. The van der Waals surface area contributed by atoms with Crippen LogP contribution in [0.4, 0.5) is 21.9 Å². The number of thioether (sulfide) groups is 1. The predicted octanol–water partition coefficient (Wildman–Crippen LogP) is 6.60. The maximum absolute atomic E-state index is 12.7. The number of rotatable bonds is 8. The molecule has 36 heavy (non-hydrogen) atoms. The third kappa shape index (κ3) is 5.36. The van der Waals surface area contributed by atoms with Gasteiger partial charge in [0.15, 0.2) is 0 Å². The van der Waals surface area contributed by atoms with E-state index in [1.165, 1.54) is 22.3 Å². The van der Waals surface area contributed by atoms with Crippen molar-refractivity contribution >= 4 is 52.5 Å². The van der Waals surface area contributed by atoms with Gasteiger partial charge < -0.3 is 9.64 Å². The largest absolute Gasteiger partial charge is 0.466 e. The van der Waals surface area contributed by atoms with Crippen molar-refractivity contribution in [2.45, 2.75) is 27.7 Å². The summed E-state index contributed by atoms with van der Waals surface area (Å²) in [5.74, 6) is -0.379. The number of anilines is 3. The molecule has 6 nitrogen and oxygen atoms in total. The van der Waals surface area contributed by atoms with Crippen molar-refractivity contribution in [3.63, 3.8) is 0 Å². The molecule has 4 rings (SSSR count). The molecule has 0 aliphatic carbocycles. The molecule has 1 aliphatic heterocycles. The highest BCUT2D eigenvalue weighted by molar-refractivity contribution is 8.18. The summed E-state index contributed by atoms with van der Waals surface area (Å²) in [4.78, 5) is 38.9. The molecule has 1 heterocycles. The van der Waals surface area contributed by atoms with Crippen LogP contribution in [0.25, 0.3) is 6.08 Å². The highest BCUT2D eigenvalue weighted by Crippen LogP contribution is 2.39. The summed E-state index contributed by atoms with van der Waals surface area (Å²) < 4.78 is 4.62. The number of carbonyl (C=O) groups is 3. The van der Waals surface area contributed by atoms with E-state index >= 15 is 0 Å². The summed E-state index contributed by atoms with van der Waals surface area (Å²) in [5, 5.41) is -0.367. The molecule has 0 saturated carbocycles. The van der Waals surface area contributed by atoms with Gasteiger partial charge in [-0.3, -0.25) is 19.3 Å². The van der Waals surface area contributed by atoms with Gasteiger partial charge >= 0.3 is 0 Å². The van der Waals surface area contributed by atoms with Crippen LogP contribution in [0.2, 0.25) is 0 Å². The molecule has 1 saturated heterocycles. The lowest BCUT2D eigenvalue weighted by Gasteiger charge is -2.29. The second-order valence-electron chi connectivity index (χ2n) is 8.81. The van der Waals surface area contributed by atoms with Gasteiger partial charge in [-0.05, 0) is 86.5 Å². The van der Waals surface area contributed by atoms with E-state index in [4.69, 9.17) is 0 Å². The first-order valence-corrected chi connectivity index (χ1v) is 12.5. The first kappa shape index (κ1) is 25.3. The molecule has 0 N–H and O–H groups in total. The Kier molecular flexibility index (Phi) is 7.60. The fourth-order valence-electron chi connectivity index (χ4n) is 4.28. The summed E-state index contributed by atoms with van der Waals surface area (Å²) in [6.07, 6.45) is 1.72. The topological polar surface area (TPSA) is 66.9 Å². The number of nitrogens with zero attached hydrogens (tertiary/aromatic N) is 2. The lowest BCUT2D eigenvalue weighted by molar-refractivity contribution is -0.131. The molecule has 0 atom stereocenters. The number of amides is 2. The third-order valence-electron chi connectivity index (χ3n) is 6.01. The molecule has 0 spiro atoms. The van der Waals surface area contributed by atoms with Crippen molar-refractivity contribution in [3.8, 4) is 0 Å². The van der Waals surface area contributed by atoms with Crippen molar-refractivity contribution in [3.05, 3.63) is 93.4 Å². The lowest BCUT2D eigenvalue weighted by atomic mass is 10.0. The minimum absolute atomic E-state index is 0.0177. The number of hydrogen-bond donors (Lipinski definition) is 0. The Morgan fingerprint density at radius 2 is 1.44 bits per heavy atom. The summed E-state index contributed by atoms with van der Waals surface area (Å²) in [6.45, 7) is 8.73. The van der Waals surface area contributed by atoms with Crippen LogP contribution in [-0.4, -0.2) is 35.7 Å². The van der Waals surface area contributed by atoms with Crippen LogP contribution >= 0.6 is 11.8 Å². The standard InChI is InChI=1S/C29H28N2O4S/c1-19-5-11-25(21(3)15-19)31(26-12-6-20(2)16-22(26)4)24-9-7-23(8-10-24)17-27-28(33)30(29(34)36-27)13-14-35-18-32/h5-12,15-18H,13-14H2,1-4H3/b27-17+. The number of imide groups is 1. The van der Waals surface area contributed by atoms with Gasteiger partial charge in [-0.25, -0.2) is 0 Å². The average Bonchev–Trinajstić information content (AvgIpc) is 3.10. The summed E-state index contributed by atoms with van der Waals surface area (Å²) in [7, 11) is 0. The van der Waals surface area contributed by atoms with E-state index in [9.17, 15) is 14.4 Å². The Morgan fingerprint density at radius 3 is 1.97 bits per heavy atom. The van der Waals surface area contributed by atoms with Gasteiger partial charge in [0.25, 0.3) is 17.6 Å². The Bertz CT molecular complexity index is 1300. The number of benzene rings is 3. The lowest BCUT2D eigenvalue weighted by Crippen LogP contribution is -2.31. The maximum Gasteiger partial charge on any atom is 0.293 e. The highest BCUT2D eigenvalue weighted by Gasteiger charge is 2.34. The zero-order chi connectivity index (χ0) is 25.8. The fourth-order valence-corrected chi connectivity index (χ4v) is 5.14. The summed E-state index contributed by atoms with van der Waals surface area (Å²) in [5.41, 5.74) is 8.76. The molecule has 3 aromatic rings. The first-order valence-electron chi connectivity index (χ1n) is 11.6. The minimum Gasteiger partial charge on any atom is -0.466 e. The van der Waals surface area contributed by atoms with E-state index < -0.39 is 0 Å². The normalized spacial score (nSPS) is 14.4. The van der Waals surface area contributed by atoms with E-state index in [-0.39, 0.29) is 24.3 Å². The molecule has 2 amide bonds. The molecule has 0 bridgehead atoms. The van der Waals surface area contributed by atoms with Crippen LogP contribution in [0.3, 0.4) is 0 Å². The van der Waals surface area contributed by atoms with Crippen molar-refractivity contribution in [2.75, 3.05) is 18.1 Å². The molecular weight excluding hydrogens is 472 g/mol. The first-order chi connectivity index (χ1) is 17.3. The second-order valence-corrected chi connectivity index (χ2v) is 9.80. The van der Waals surface area contributed by atoms with Gasteiger partial charge in [0.2, 0.25) is 0 Å². The molecule has 1 fully saturated rings. The number of aryl methyl sites for hydroxylation is 4. The number of ether oxygens (including phenoxy) is 1. The SMILES string of the molecule is Cc1ccc(N(c2ccc(/C=C3/SC(=O)N(CCOC=O)C3=O)cc2)c2ccc(C)cc2C)c(C)c1. The molecule has 7 heteroatoms. The van der Waals surface area contributed by atoms with Crippen LogP contribution in [-0.2, 0) is 14.3 Å². The predicted molar refractivity (Wildman–Crippen MR) is 145 cm³/mol. The number of carbonyl (C=O) groups excluding carboxylic acids is 3. The molecule has 1 aliphatic rings. The third-order valence-corrected chi connectivity index (χ3v) is 6.92. The molecular formula is C29H28N2O4S. The van der Waals surface area contributed by atoms with Gasteiger partial charge in [-0.1, -0.05) is 47.5 Å². The smallest absolute Gasteiger partial charge is 0.293 e. The van der Waals surface area contributed by atoms with Gasteiger partial charge in [-0.2, -0.15) is 0 Å². The van der Waals surface area contributed by atoms with Gasteiger partial charge in [-0.15, -0.1) is 0 Å². The summed E-state index contributed by atoms with van der Waals surface area (Å²) >= 11 is 0.890. The minimum atomic E-state index is -0.379. The zero-order valence-electron chi connectivity index (χ0n) is 20.8. The molecule has 0 radical (unpaired) electrons. The van der Waals surface area contributed by atoms with Crippen molar-refractivity contribution in [2.24, 2.45) is 0 Å². The molecule has 3 aromatic carbocycles. The van der Waals surface area contributed by atoms with Crippen LogP contribution in [0.5, 0.6) is 0 Å². The van der Waals surface area contributed by atoms with Crippen LogP contribution in [0.1, 0.15) is 27.8 Å². The Labute approximate surface area is 215 Å². The van der Waals surface area contributed by atoms with Crippen LogP contribution < -0.4 is 4.90 Å². The van der Waals surface area contributed by atoms with Gasteiger partial charge in [0.05, 0.1) is 11.4 Å². The van der Waals surface area contributed by atoms with E-state index in [1.54, 1.807) is 6.08 Å². The van der Waals surface area contributed by atoms with E-state index in [0.29, 0.717) is 11.4 Å². The van der Waals surface area contributed by atoms with Gasteiger partial charge in [0, 0.05) is 17.1 Å². The molecule has 184 valence electrons. The fraction of sp³-hybridized carbons (Fsp3) is 0.207. The highest BCUT2D eigenvalue weighted by atomic mass is 32.2. The average molecular weight is 501 g/mol.